The van der Waals surface area contributed by atoms with Crippen LogP contribution in [-0.4, -0.2) is 68.5 Å². The predicted molar refractivity (Wildman–Crippen MR) is 56.9 cm³/mol. The first-order chi connectivity index (χ1) is 8.28. The van der Waals surface area contributed by atoms with Crippen LogP contribution in [0.3, 0.4) is 0 Å². The van der Waals surface area contributed by atoms with E-state index in [1.807, 2.05) is 0 Å². The highest BCUT2D eigenvalue weighted by Crippen LogP contribution is 2.29. The molecule has 0 aromatic rings. The maximum atomic E-state index is 11.0. The molecule has 2 rings (SSSR count). The van der Waals surface area contributed by atoms with Gasteiger partial charge in [-0.2, -0.15) is 8.42 Å². The molecule has 2 saturated heterocycles. The lowest BCUT2D eigenvalue weighted by Gasteiger charge is -2.45. The molecule has 0 bridgehead atoms. The second-order valence-corrected chi connectivity index (χ2v) is 5.92. The smallest absolute Gasteiger partial charge is 0.264 e. The number of fused-ring (bicyclic) bond motifs is 1. The predicted octanol–water partition coefficient (Wildman–Crippen LogP) is -1.83. The topological polar surface area (TPSA) is 112 Å². The molecule has 2 fully saturated rings. The van der Waals surface area contributed by atoms with Crippen LogP contribution >= 0.6 is 0 Å². The molecule has 0 aromatic carbocycles. The monoisotopic (exact) mass is 284 g/mol. The van der Waals surface area contributed by atoms with E-state index in [0.717, 1.165) is 6.26 Å². The second-order valence-electron chi connectivity index (χ2n) is 4.32. The SMILES string of the molecule is CC1OC[C@H]2OC(O)[C@H](OS(C)(=O)=O)[C@@H](O)[C@@H]2O1. The first-order valence-corrected chi connectivity index (χ1v) is 7.26. The van der Waals surface area contributed by atoms with Gasteiger partial charge in [0.25, 0.3) is 10.1 Å². The van der Waals surface area contributed by atoms with Gasteiger partial charge in [-0.1, -0.05) is 0 Å². The van der Waals surface area contributed by atoms with E-state index in [1.165, 1.54) is 0 Å². The average Bonchev–Trinajstić information content (AvgIpc) is 2.24. The van der Waals surface area contributed by atoms with Crippen LogP contribution in [0.1, 0.15) is 6.92 Å². The molecule has 18 heavy (non-hydrogen) atoms. The summed E-state index contributed by atoms with van der Waals surface area (Å²) in [4.78, 5) is 0. The third kappa shape index (κ3) is 2.99. The molecule has 6 atom stereocenters. The highest BCUT2D eigenvalue weighted by atomic mass is 32.2. The number of hydrogen-bond donors (Lipinski definition) is 2. The van der Waals surface area contributed by atoms with Gasteiger partial charge in [0.2, 0.25) is 0 Å². The maximum absolute atomic E-state index is 11.0. The lowest BCUT2D eigenvalue weighted by atomic mass is 9.98. The van der Waals surface area contributed by atoms with Gasteiger partial charge in [0.15, 0.2) is 18.7 Å². The van der Waals surface area contributed by atoms with Crippen molar-refractivity contribution in [2.75, 3.05) is 12.9 Å². The van der Waals surface area contributed by atoms with Gasteiger partial charge in [-0.3, -0.25) is 4.18 Å². The first kappa shape index (κ1) is 14.1. The number of rotatable bonds is 2. The third-order valence-corrected chi connectivity index (χ3v) is 3.34. The minimum Gasteiger partial charge on any atom is -0.387 e. The largest absolute Gasteiger partial charge is 0.387 e. The van der Waals surface area contributed by atoms with Crippen LogP contribution in [0.4, 0.5) is 0 Å². The highest BCUT2D eigenvalue weighted by Gasteiger charge is 2.49. The van der Waals surface area contributed by atoms with Crippen LogP contribution in [0.25, 0.3) is 0 Å². The lowest BCUT2D eigenvalue weighted by Crippen LogP contribution is -2.63. The van der Waals surface area contributed by atoms with E-state index >= 15 is 0 Å². The van der Waals surface area contributed by atoms with E-state index in [1.54, 1.807) is 6.92 Å². The summed E-state index contributed by atoms with van der Waals surface area (Å²) in [6, 6.07) is 0. The molecular formula is C9H16O8S. The van der Waals surface area contributed by atoms with E-state index in [9.17, 15) is 18.6 Å². The van der Waals surface area contributed by atoms with Crippen molar-refractivity contribution in [2.45, 2.75) is 43.9 Å². The lowest BCUT2D eigenvalue weighted by molar-refractivity contribution is -0.345. The molecule has 2 aliphatic rings. The molecule has 0 aromatic heterocycles. The molecule has 0 spiro atoms. The summed E-state index contributed by atoms with van der Waals surface area (Å²) in [6.07, 6.45) is -5.47. The summed E-state index contributed by atoms with van der Waals surface area (Å²) < 4.78 is 42.3. The van der Waals surface area contributed by atoms with Crippen molar-refractivity contribution >= 4 is 10.1 Å². The van der Waals surface area contributed by atoms with Gasteiger partial charge in [0.1, 0.15) is 18.3 Å². The summed E-state index contributed by atoms with van der Waals surface area (Å²) in [7, 11) is -3.83. The van der Waals surface area contributed by atoms with E-state index < -0.39 is 47.1 Å². The van der Waals surface area contributed by atoms with Crippen molar-refractivity contribution in [3.8, 4) is 0 Å². The van der Waals surface area contributed by atoms with Crippen molar-refractivity contribution in [1.82, 2.24) is 0 Å². The minimum absolute atomic E-state index is 0.144. The standard InChI is InChI=1S/C9H16O8S/c1-4-14-3-5-7(15-4)6(10)8(9(11)16-5)17-18(2,12)13/h4-11H,3H2,1-2H3/t4?,5-,6+,7-,8-,9?/m1/s1. The Morgan fingerprint density at radius 2 is 1.94 bits per heavy atom. The van der Waals surface area contributed by atoms with Crippen LogP contribution in [0.5, 0.6) is 0 Å². The molecule has 2 aliphatic heterocycles. The Hall–Kier alpha value is -0.290. The molecule has 0 radical (unpaired) electrons. The molecule has 0 aliphatic carbocycles. The van der Waals surface area contributed by atoms with Crippen LogP contribution in [-0.2, 0) is 28.5 Å². The van der Waals surface area contributed by atoms with E-state index in [-0.39, 0.29) is 6.61 Å². The first-order valence-electron chi connectivity index (χ1n) is 5.45. The zero-order valence-electron chi connectivity index (χ0n) is 9.92. The van der Waals surface area contributed by atoms with Crippen molar-refractivity contribution < 1.29 is 37.0 Å². The number of ether oxygens (including phenoxy) is 3. The molecule has 106 valence electrons. The highest BCUT2D eigenvalue weighted by molar-refractivity contribution is 7.86. The number of aliphatic hydroxyl groups is 2. The molecular weight excluding hydrogens is 268 g/mol. The molecule has 9 heteroatoms. The van der Waals surface area contributed by atoms with Gasteiger partial charge in [-0.15, -0.1) is 0 Å². The summed E-state index contributed by atoms with van der Waals surface area (Å²) in [5, 5.41) is 19.6. The Morgan fingerprint density at radius 3 is 2.56 bits per heavy atom. The van der Waals surface area contributed by atoms with Crippen molar-refractivity contribution in [3.05, 3.63) is 0 Å². The average molecular weight is 284 g/mol. The maximum Gasteiger partial charge on any atom is 0.264 e. The van der Waals surface area contributed by atoms with Gasteiger partial charge >= 0.3 is 0 Å². The molecule has 8 nitrogen and oxygen atoms in total. The number of aliphatic hydroxyl groups excluding tert-OH is 2. The van der Waals surface area contributed by atoms with E-state index in [0.29, 0.717) is 0 Å². The molecule has 2 unspecified atom stereocenters. The van der Waals surface area contributed by atoms with Crippen LogP contribution in [0.15, 0.2) is 0 Å². The van der Waals surface area contributed by atoms with Gasteiger partial charge in [-0.05, 0) is 6.92 Å². The van der Waals surface area contributed by atoms with Crippen molar-refractivity contribution in [2.24, 2.45) is 0 Å². The van der Waals surface area contributed by atoms with Gasteiger partial charge < -0.3 is 24.4 Å². The van der Waals surface area contributed by atoms with Crippen LogP contribution in [0, 0.1) is 0 Å². The summed E-state index contributed by atoms with van der Waals surface area (Å²) >= 11 is 0. The van der Waals surface area contributed by atoms with Gasteiger partial charge in [-0.25, -0.2) is 0 Å². The van der Waals surface area contributed by atoms with Gasteiger partial charge in [0, 0.05) is 0 Å². The minimum atomic E-state index is -3.83. The summed E-state index contributed by atoms with van der Waals surface area (Å²) in [5.74, 6) is 0. The molecule has 2 heterocycles. The second kappa shape index (κ2) is 5.00. The Kier molecular flexibility index (Phi) is 3.93. The molecule has 0 amide bonds. The molecule has 2 N–H and O–H groups in total. The number of hydrogen-bond acceptors (Lipinski definition) is 8. The van der Waals surface area contributed by atoms with E-state index in [2.05, 4.69) is 4.18 Å². The Balaban J connectivity index is 2.13. The fraction of sp³-hybridized carbons (Fsp3) is 1.00. The Bertz CT molecular complexity index is 395. The quantitative estimate of drug-likeness (QED) is 0.570. The molecule has 0 saturated carbocycles. The third-order valence-electron chi connectivity index (χ3n) is 2.76. The Morgan fingerprint density at radius 1 is 1.28 bits per heavy atom. The fourth-order valence-corrected chi connectivity index (χ4v) is 2.62. The zero-order valence-corrected chi connectivity index (χ0v) is 10.7. The van der Waals surface area contributed by atoms with Gasteiger partial charge in [0.05, 0.1) is 12.9 Å². The summed E-state index contributed by atoms with van der Waals surface area (Å²) in [5.41, 5.74) is 0. The fourth-order valence-electron chi connectivity index (χ4n) is 2.01. The van der Waals surface area contributed by atoms with Crippen molar-refractivity contribution in [3.63, 3.8) is 0 Å². The normalized spacial score (nSPS) is 45.6. The Labute approximate surface area is 105 Å². The van der Waals surface area contributed by atoms with E-state index in [4.69, 9.17) is 14.2 Å². The van der Waals surface area contributed by atoms with Crippen molar-refractivity contribution in [1.29, 1.82) is 0 Å². The van der Waals surface area contributed by atoms with Crippen LogP contribution in [0.2, 0.25) is 0 Å². The summed E-state index contributed by atoms with van der Waals surface area (Å²) in [6.45, 7) is 1.78. The zero-order chi connectivity index (χ0) is 13.5. The van der Waals surface area contributed by atoms with Crippen LogP contribution < -0.4 is 0 Å².